The molecule has 1 fully saturated rings. The summed E-state index contributed by atoms with van der Waals surface area (Å²) in [6, 6.07) is 7.46. The van der Waals surface area contributed by atoms with Gasteiger partial charge in [-0.15, -0.1) is 0 Å². The monoisotopic (exact) mass is 301 g/mol. The van der Waals surface area contributed by atoms with Crippen molar-refractivity contribution in [3.05, 3.63) is 54.1 Å². The minimum Gasteiger partial charge on any atom is -0.490 e. The smallest absolute Gasteiger partial charge is 0.322 e. The highest BCUT2D eigenvalue weighted by atomic mass is 19.1. The van der Waals surface area contributed by atoms with Crippen molar-refractivity contribution < 1.29 is 13.9 Å². The van der Waals surface area contributed by atoms with E-state index < -0.39 is 0 Å². The molecule has 1 aromatic carbocycles. The Labute approximate surface area is 127 Å². The zero-order valence-electron chi connectivity index (χ0n) is 12.1. The Kier molecular flexibility index (Phi) is 3.91. The molecule has 0 saturated carbocycles. The molecule has 0 bridgehead atoms. The highest BCUT2D eigenvalue weighted by Gasteiger charge is 2.30. The quantitative estimate of drug-likeness (QED) is 0.944. The number of urea groups is 1. The minimum absolute atomic E-state index is 0.156. The van der Waals surface area contributed by atoms with E-state index in [2.05, 4.69) is 10.3 Å². The summed E-state index contributed by atoms with van der Waals surface area (Å²) in [6.45, 7) is 2.70. The first-order chi connectivity index (χ1) is 10.6. The average molecular weight is 301 g/mol. The van der Waals surface area contributed by atoms with Gasteiger partial charge in [-0.25, -0.2) is 9.18 Å². The fourth-order valence-corrected chi connectivity index (χ4v) is 2.37. The molecule has 1 atom stereocenters. The zero-order chi connectivity index (χ0) is 15.5. The van der Waals surface area contributed by atoms with Crippen LogP contribution in [0, 0.1) is 12.7 Å². The molecular weight excluding hydrogens is 285 g/mol. The fourth-order valence-electron chi connectivity index (χ4n) is 2.37. The highest BCUT2D eigenvalue weighted by molar-refractivity contribution is 5.94. The van der Waals surface area contributed by atoms with Crippen molar-refractivity contribution >= 4 is 11.7 Å². The first-order valence-corrected chi connectivity index (χ1v) is 7.00. The number of nitrogens with one attached hydrogen (secondary N) is 1. The molecule has 2 aromatic rings. The normalized spacial score (nSPS) is 17.5. The van der Waals surface area contributed by atoms with E-state index in [-0.39, 0.29) is 17.9 Å². The number of anilines is 1. The van der Waals surface area contributed by atoms with E-state index in [0.29, 0.717) is 24.6 Å². The number of nitrogens with zero attached hydrogens (tertiary/aromatic N) is 2. The van der Waals surface area contributed by atoms with E-state index in [1.54, 1.807) is 24.5 Å². The Bertz CT molecular complexity index is 693. The molecular formula is C16H16FN3O2. The summed E-state index contributed by atoms with van der Waals surface area (Å²) in [5.74, 6) is 0.300. The van der Waals surface area contributed by atoms with Crippen molar-refractivity contribution in [3.8, 4) is 5.75 Å². The molecule has 2 amide bonds. The van der Waals surface area contributed by atoms with Crippen LogP contribution in [0.5, 0.6) is 5.75 Å². The average Bonchev–Trinajstić information content (AvgIpc) is 2.86. The molecule has 0 unspecified atom stereocenters. The maximum atomic E-state index is 13.3. The van der Waals surface area contributed by atoms with Gasteiger partial charge in [0, 0.05) is 11.9 Å². The summed E-state index contributed by atoms with van der Waals surface area (Å²) < 4.78 is 18.9. The number of ether oxygens (including phenoxy) is 1. The number of amides is 2. The number of benzene rings is 1. The van der Waals surface area contributed by atoms with Gasteiger partial charge in [-0.2, -0.15) is 0 Å². The van der Waals surface area contributed by atoms with Gasteiger partial charge < -0.3 is 10.1 Å². The molecule has 0 aliphatic carbocycles. The Balaban J connectivity index is 1.62. The van der Waals surface area contributed by atoms with Crippen molar-refractivity contribution in [1.29, 1.82) is 0 Å². The number of carbonyl (C=O) groups is 1. The second kappa shape index (κ2) is 6.01. The lowest BCUT2D eigenvalue weighted by Gasteiger charge is -2.15. The molecule has 1 N–H and O–H groups in total. The second-order valence-electron chi connectivity index (χ2n) is 5.25. The van der Waals surface area contributed by atoms with E-state index in [1.165, 1.54) is 17.0 Å². The summed E-state index contributed by atoms with van der Waals surface area (Å²) in [4.78, 5) is 17.5. The molecule has 0 radical (unpaired) electrons. The SMILES string of the molecule is Cc1cncc(OC[C@@H]2CN(c3cccc(F)c3)C(=O)N2)c1. The molecule has 2 heterocycles. The number of aryl methyl sites for hydroxylation is 1. The summed E-state index contributed by atoms with van der Waals surface area (Å²) in [6.07, 6.45) is 3.38. The van der Waals surface area contributed by atoms with Gasteiger partial charge >= 0.3 is 6.03 Å². The topological polar surface area (TPSA) is 54.5 Å². The van der Waals surface area contributed by atoms with Crippen LogP contribution in [0.4, 0.5) is 14.9 Å². The van der Waals surface area contributed by atoms with Crippen LogP contribution in [0.2, 0.25) is 0 Å². The number of hydrogen-bond donors (Lipinski definition) is 1. The zero-order valence-corrected chi connectivity index (χ0v) is 12.1. The summed E-state index contributed by atoms with van der Waals surface area (Å²) in [5, 5.41) is 2.83. The van der Waals surface area contributed by atoms with Gasteiger partial charge in [0.25, 0.3) is 0 Å². The first-order valence-electron chi connectivity index (χ1n) is 7.00. The minimum atomic E-state index is -0.365. The van der Waals surface area contributed by atoms with E-state index >= 15 is 0 Å². The Hall–Kier alpha value is -2.63. The van der Waals surface area contributed by atoms with E-state index in [9.17, 15) is 9.18 Å². The van der Waals surface area contributed by atoms with Gasteiger partial charge in [0.05, 0.1) is 18.8 Å². The van der Waals surface area contributed by atoms with Gasteiger partial charge in [-0.1, -0.05) is 6.07 Å². The molecule has 114 valence electrons. The van der Waals surface area contributed by atoms with Crippen LogP contribution in [-0.4, -0.2) is 30.2 Å². The second-order valence-corrected chi connectivity index (χ2v) is 5.25. The van der Waals surface area contributed by atoms with Crippen LogP contribution in [0.25, 0.3) is 0 Å². The maximum Gasteiger partial charge on any atom is 0.322 e. The molecule has 5 nitrogen and oxygen atoms in total. The first kappa shape index (κ1) is 14.3. The van der Waals surface area contributed by atoms with Crippen molar-refractivity contribution in [2.24, 2.45) is 0 Å². The Morgan fingerprint density at radius 2 is 2.27 bits per heavy atom. The Morgan fingerprint density at radius 3 is 3.05 bits per heavy atom. The predicted octanol–water partition coefficient (Wildman–Crippen LogP) is 2.51. The van der Waals surface area contributed by atoms with Crippen molar-refractivity contribution in [2.75, 3.05) is 18.1 Å². The lowest BCUT2D eigenvalue weighted by Crippen LogP contribution is -2.32. The molecule has 6 heteroatoms. The largest absolute Gasteiger partial charge is 0.490 e. The lowest BCUT2D eigenvalue weighted by molar-refractivity contribution is 0.244. The number of rotatable bonds is 4. The molecule has 1 aromatic heterocycles. The van der Waals surface area contributed by atoms with Crippen LogP contribution in [0.3, 0.4) is 0 Å². The highest BCUT2D eigenvalue weighted by Crippen LogP contribution is 2.20. The molecule has 1 aliphatic heterocycles. The number of carbonyl (C=O) groups excluding carboxylic acids is 1. The Morgan fingerprint density at radius 1 is 1.41 bits per heavy atom. The van der Waals surface area contributed by atoms with Gasteiger partial charge in [0.2, 0.25) is 0 Å². The molecule has 0 spiro atoms. The van der Waals surface area contributed by atoms with Crippen LogP contribution in [-0.2, 0) is 0 Å². The third-order valence-corrected chi connectivity index (χ3v) is 3.40. The van der Waals surface area contributed by atoms with Crippen LogP contribution in [0.15, 0.2) is 42.7 Å². The van der Waals surface area contributed by atoms with E-state index in [4.69, 9.17) is 4.74 Å². The lowest BCUT2D eigenvalue weighted by atomic mass is 10.2. The fraction of sp³-hybridized carbons (Fsp3) is 0.250. The maximum absolute atomic E-state index is 13.3. The van der Waals surface area contributed by atoms with E-state index in [0.717, 1.165) is 5.56 Å². The number of halogens is 1. The third kappa shape index (κ3) is 3.16. The number of pyridine rings is 1. The standard InChI is InChI=1S/C16H16FN3O2/c1-11-5-15(8-18-7-11)22-10-13-9-20(16(21)19-13)14-4-2-3-12(17)6-14/h2-8,13H,9-10H2,1H3,(H,19,21)/t13-/m0/s1. The van der Waals surface area contributed by atoms with Gasteiger partial charge in [-0.05, 0) is 36.8 Å². The number of hydrogen-bond acceptors (Lipinski definition) is 3. The summed E-state index contributed by atoms with van der Waals surface area (Å²) >= 11 is 0. The molecule has 3 rings (SSSR count). The van der Waals surface area contributed by atoms with Crippen molar-refractivity contribution in [1.82, 2.24) is 10.3 Å². The van der Waals surface area contributed by atoms with Gasteiger partial charge in [-0.3, -0.25) is 9.88 Å². The van der Waals surface area contributed by atoms with Crippen molar-refractivity contribution in [2.45, 2.75) is 13.0 Å². The van der Waals surface area contributed by atoms with Crippen LogP contribution in [0.1, 0.15) is 5.56 Å². The van der Waals surface area contributed by atoms with Gasteiger partial charge in [0.1, 0.15) is 18.2 Å². The van der Waals surface area contributed by atoms with Crippen molar-refractivity contribution in [3.63, 3.8) is 0 Å². The molecule has 1 aliphatic rings. The third-order valence-electron chi connectivity index (χ3n) is 3.40. The molecule has 1 saturated heterocycles. The van der Waals surface area contributed by atoms with Crippen LogP contribution < -0.4 is 15.0 Å². The summed E-state index contributed by atoms with van der Waals surface area (Å²) in [5.41, 5.74) is 1.55. The van der Waals surface area contributed by atoms with Crippen LogP contribution >= 0.6 is 0 Å². The summed E-state index contributed by atoms with van der Waals surface area (Å²) in [7, 11) is 0. The number of aromatic nitrogens is 1. The molecule has 22 heavy (non-hydrogen) atoms. The van der Waals surface area contributed by atoms with E-state index in [1.807, 2.05) is 13.0 Å². The predicted molar refractivity (Wildman–Crippen MR) is 80.5 cm³/mol. The van der Waals surface area contributed by atoms with Gasteiger partial charge in [0.15, 0.2) is 0 Å².